The lowest BCUT2D eigenvalue weighted by Crippen LogP contribution is -2.39. The molecule has 38 heavy (non-hydrogen) atoms. The summed E-state index contributed by atoms with van der Waals surface area (Å²) in [5, 5.41) is 24.4. The third-order valence-electron chi connectivity index (χ3n) is 7.65. The van der Waals surface area contributed by atoms with Gasteiger partial charge in [0.2, 0.25) is 0 Å². The van der Waals surface area contributed by atoms with Gasteiger partial charge in [-0.15, -0.1) is 10.2 Å². The Morgan fingerprint density at radius 3 is 1.47 bits per heavy atom. The Balaban J connectivity index is 1.38. The monoisotopic (exact) mass is 509 g/mol. The summed E-state index contributed by atoms with van der Waals surface area (Å²) in [6, 6.07) is 13.0. The van der Waals surface area contributed by atoms with E-state index in [1.807, 2.05) is 16.8 Å². The van der Waals surface area contributed by atoms with E-state index >= 15 is 0 Å². The second-order valence-electron chi connectivity index (χ2n) is 10.1. The van der Waals surface area contributed by atoms with Crippen LogP contribution < -0.4 is 11.5 Å². The summed E-state index contributed by atoms with van der Waals surface area (Å²) in [6.07, 6.45) is 6.06. The van der Waals surface area contributed by atoms with Gasteiger partial charge in [0.25, 0.3) is 0 Å². The maximum atomic E-state index is 7.64. The number of nitrogens with zero attached hydrogens (tertiary/aromatic N) is 5. The molecule has 0 unspecified atom stereocenters. The highest BCUT2D eigenvalue weighted by atomic mass is 15.3. The van der Waals surface area contributed by atoms with Gasteiger partial charge in [-0.2, -0.15) is 0 Å². The standard InChI is InChI=1S/C29H35N9/c1-18-16-22(20-8-12-37(13-9-20)28(30)31)4-6-24(18)26-34-35-27(36(26)3)25-7-5-23(17-19(25)2)21-10-14-38(15-11-21)29(32)33/h4-8,10,16-17H,9,11-15H2,1-3H3,(H3,30,31)(H3,32,33). The number of rotatable bonds is 4. The van der Waals surface area contributed by atoms with E-state index in [1.54, 1.807) is 0 Å². The van der Waals surface area contributed by atoms with E-state index in [9.17, 15) is 0 Å². The van der Waals surface area contributed by atoms with Crippen molar-refractivity contribution in [1.82, 2.24) is 24.6 Å². The van der Waals surface area contributed by atoms with Crippen LogP contribution in [0.5, 0.6) is 0 Å². The molecule has 5 rings (SSSR count). The molecule has 0 saturated heterocycles. The number of nitrogens with two attached hydrogens (primary N) is 2. The molecule has 0 saturated carbocycles. The van der Waals surface area contributed by atoms with E-state index in [4.69, 9.17) is 22.3 Å². The number of benzene rings is 2. The fraction of sp³-hybridized carbons (Fsp3) is 0.310. The van der Waals surface area contributed by atoms with Crippen molar-refractivity contribution >= 4 is 23.1 Å². The van der Waals surface area contributed by atoms with Crippen molar-refractivity contribution in [2.75, 3.05) is 26.2 Å². The van der Waals surface area contributed by atoms with Gasteiger partial charge in [-0.1, -0.05) is 48.6 Å². The van der Waals surface area contributed by atoms with E-state index in [-0.39, 0.29) is 11.9 Å². The third kappa shape index (κ3) is 4.79. The molecule has 6 N–H and O–H groups in total. The molecular weight excluding hydrogens is 474 g/mol. The Bertz CT molecular complexity index is 1370. The zero-order valence-electron chi connectivity index (χ0n) is 22.3. The lowest BCUT2D eigenvalue weighted by molar-refractivity contribution is 0.451. The predicted octanol–water partition coefficient (Wildman–Crippen LogP) is 3.73. The van der Waals surface area contributed by atoms with E-state index in [1.165, 1.54) is 22.3 Å². The van der Waals surface area contributed by atoms with Gasteiger partial charge in [-0.25, -0.2) is 0 Å². The van der Waals surface area contributed by atoms with Gasteiger partial charge in [-0.3, -0.25) is 10.8 Å². The van der Waals surface area contributed by atoms with Gasteiger partial charge >= 0.3 is 0 Å². The van der Waals surface area contributed by atoms with Crippen LogP contribution in [-0.2, 0) is 7.05 Å². The van der Waals surface area contributed by atoms with E-state index in [2.05, 4.69) is 77.2 Å². The highest BCUT2D eigenvalue weighted by Crippen LogP contribution is 2.32. The first kappa shape index (κ1) is 25.3. The largest absolute Gasteiger partial charge is 0.370 e. The fourth-order valence-corrected chi connectivity index (χ4v) is 5.33. The van der Waals surface area contributed by atoms with Crippen LogP contribution in [0.25, 0.3) is 33.9 Å². The van der Waals surface area contributed by atoms with Crippen LogP contribution >= 0.6 is 0 Å². The van der Waals surface area contributed by atoms with E-state index in [0.29, 0.717) is 13.1 Å². The molecule has 9 nitrogen and oxygen atoms in total. The van der Waals surface area contributed by atoms with Crippen LogP contribution in [-0.4, -0.2) is 62.7 Å². The second kappa shape index (κ2) is 10.2. The lowest BCUT2D eigenvalue weighted by Gasteiger charge is -2.26. The van der Waals surface area contributed by atoms with Crippen LogP contribution in [0.3, 0.4) is 0 Å². The number of aryl methyl sites for hydroxylation is 2. The summed E-state index contributed by atoms with van der Waals surface area (Å²) in [6.45, 7) is 7.10. The number of aromatic nitrogens is 3. The average Bonchev–Trinajstić information content (AvgIpc) is 3.29. The number of guanidine groups is 2. The molecule has 0 fully saturated rings. The van der Waals surface area contributed by atoms with Crippen molar-refractivity contribution in [2.45, 2.75) is 26.7 Å². The minimum absolute atomic E-state index is 0.127. The second-order valence-corrected chi connectivity index (χ2v) is 10.1. The smallest absolute Gasteiger partial charge is 0.188 e. The van der Waals surface area contributed by atoms with Gasteiger partial charge in [0.1, 0.15) is 0 Å². The molecule has 2 aliphatic rings. The summed E-state index contributed by atoms with van der Waals surface area (Å²) >= 11 is 0. The maximum absolute atomic E-state index is 7.64. The molecule has 2 aliphatic heterocycles. The van der Waals surface area contributed by atoms with Crippen molar-refractivity contribution in [1.29, 1.82) is 10.8 Å². The van der Waals surface area contributed by atoms with Gasteiger partial charge in [0.05, 0.1) is 0 Å². The van der Waals surface area contributed by atoms with Crippen LogP contribution in [0.1, 0.15) is 35.1 Å². The molecular formula is C29H35N9. The third-order valence-corrected chi connectivity index (χ3v) is 7.65. The van der Waals surface area contributed by atoms with Gasteiger partial charge < -0.3 is 25.8 Å². The molecule has 3 heterocycles. The zero-order chi connectivity index (χ0) is 27.0. The molecule has 196 valence electrons. The quantitative estimate of drug-likeness (QED) is 0.312. The van der Waals surface area contributed by atoms with Crippen LogP contribution in [0, 0.1) is 24.7 Å². The molecule has 0 bridgehead atoms. The highest BCUT2D eigenvalue weighted by molar-refractivity contribution is 5.79. The van der Waals surface area contributed by atoms with Crippen molar-refractivity contribution in [3.8, 4) is 22.8 Å². The minimum Gasteiger partial charge on any atom is -0.370 e. The fourth-order valence-electron chi connectivity index (χ4n) is 5.33. The Morgan fingerprint density at radius 2 is 1.16 bits per heavy atom. The van der Waals surface area contributed by atoms with Crippen molar-refractivity contribution < 1.29 is 0 Å². The summed E-state index contributed by atoms with van der Waals surface area (Å²) < 4.78 is 2.07. The van der Waals surface area contributed by atoms with Crippen LogP contribution in [0.15, 0.2) is 48.6 Å². The Kier molecular flexibility index (Phi) is 6.75. The van der Waals surface area contributed by atoms with E-state index < -0.39 is 0 Å². The molecule has 0 spiro atoms. The molecule has 0 aliphatic carbocycles. The summed E-state index contributed by atoms with van der Waals surface area (Å²) in [5.41, 5.74) is 20.7. The number of nitrogens with one attached hydrogen (secondary N) is 2. The molecule has 3 aromatic rings. The summed E-state index contributed by atoms with van der Waals surface area (Å²) in [5.74, 6) is 1.93. The topological polar surface area (TPSA) is 137 Å². The van der Waals surface area contributed by atoms with Crippen molar-refractivity contribution in [3.05, 3.63) is 70.8 Å². The molecule has 0 radical (unpaired) electrons. The first-order valence-corrected chi connectivity index (χ1v) is 12.9. The summed E-state index contributed by atoms with van der Waals surface area (Å²) in [4.78, 5) is 3.74. The SMILES string of the molecule is Cc1cc(C2=CCN(C(=N)N)CC2)ccc1-c1nnc(-c2ccc(C3=CCN(C(=N)N)CC3)cc2C)n1C. The lowest BCUT2D eigenvalue weighted by atomic mass is 9.95. The average molecular weight is 510 g/mol. The molecule has 9 heteroatoms. The van der Waals surface area contributed by atoms with Gasteiger partial charge in [0.15, 0.2) is 23.6 Å². The predicted molar refractivity (Wildman–Crippen MR) is 154 cm³/mol. The van der Waals surface area contributed by atoms with Crippen LogP contribution in [0.2, 0.25) is 0 Å². The Hall–Kier alpha value is -4.40. The maximum Gasteiger partial charge on any atom is 0.188 e. The van der Waals surface area contributed by atoms with E-state index in [0.717, 1.165) is 59.8 Å². The van der Waals surface area contributed by atoms with Gasteiger partial charge in [0, 0.05) is 44.4 Å². The Labute approximate surface area is 223 Å². The molecule has 2 aromatic carbocycles. The zero-order valence-corrected chi connectivity index (χ0v) is 22.3. The van der Waals surface area contributed by atoms with Gasteiger partial charge in [-0.05, 0) is 60.1 Å². The first-order valence-electron chi connectivity index (χ1n) is 12.9. The Morgan fingerprint density at radius 1 is 0.737 bits per heavy atom. The van der Waals surface area contributed by atoms with Crippen molar-refractivity contribution in [3.63, 3.8) is 0 Å². The normalized spacial score (nSPS) is 15.8. The van der Waals surface area contributed by atoms with Crippen LogP contribution in [0.4, 0.5) is 0 Å². The summed E-state index contributed by atoms with van der Waals surface area (Å²) in [7, 11) is 2.02. The minimum atomic E-state index is 0.127. The molecule has 0 atom stereocenters. The number of hydrogen-bond acceptors (Lipinski definition) is 4. The molecule has 0 amide bonds. The highest BCUT2D eigenvalue weighted by Gasteiger charge is 2.19. The first-order chi connectivity index (χ1) is 18.2. The number of hydrogen-bond donors (Lipinski definition) is 4. The molecule has 1 aromatic heterocycles. The van der Waals surface area contributed by atoms with Crippen molar-refractivity contribution in [2.24, 2.45) is 18.5 Å².